The van der Waals surface area contributed by atoms with E-state index in [1.165, 1.54) is 0 Å². The highest BCUT2D eigenvalue weighted by atomic mass is 16.3. The molecular formula is C26H44N2O3. The van der Waals surface area contributed by atoms with Crippen molar-refractivity contribution in [3.63, 3.8) is 0 Å². The predicted octanol–water partition coefficient (Wildman–Crippen LogP) is 2.83. The Kier molecular flexibility index (Phi) is 4.56. The van der Waals surface area contributed by atoms with Crippen LogP contribution in [0.5, 0.6) is 0 Å². The predicted molar refractivity (Wildman–Crippen MR) is 121 cm³/mol. The van der Waals surface area contributed by atoms with Crippen molar-refractivity contribution >= 4 is 5.78 Å². The van der Waals surface area contributed by atoms with E-state index in [1.54, 1.807) is 0 Å². The summed E-state index contributed by atoms with van der Waals surface area (Å²) in [4.78, 5) is 16.4. The van der Waals surface area contributed by atoms with Crippen LogP contribution in [-0.4, -0.2) is 59.8 Å². The van der Waals surface area contributed by atoms with Crippen LogP contribution in [0.2, 0.25) is 0 Å². The van der Waals surface area contributed by atoms with Gasteiger partial charge in [0.15, 0.2) is 0 Å². The topological polar surface area (TPSA) is 86.8 Å². The number of rotatable bonds is 3. The van der Waals surface area contributed by atoms with Crippen LogP contribution in [0.4, 0.5) is 0 Å². The second kappa shape index (κ2) is 6.34. The van der Waals surface area contributed by atoms with Gasteiger partial charge in [-0.3, -0.25) is 4.79 Å². The fraction of sp³-hybridized carbons (Fsp3) is 0.962. The van der Waals surface area contributed by atoms with Crippen LogP contribution in [0.3, 0.4) is 0 Å². The van der Waals surface area contributed by atoms with Gasteiger partial charge in [-0.1, -0.05) is 20.8 Å². The molecule has 5 fully saturated rings. The average molecular weight is 433 g/mol. The number of carbonyl (C=O) groups is 1. The molecule has 5 saturated carbocycles. The first-order valence-electron chi connectivity index (χ1n) is 12.6. The Morgan fingerprint density at radius 1 is 1.13 bits per heavy atom. The summed E-state index contributed by atoms with van der Waals surface area (Å²) in [5.74, 6) is 1.25. The van der Waals surface area contributed by atoms with Crippen LogP contribution in [0.15, 0.2) is 0 Å². The number of aliphatic hydroxyl groups excluding tert-OH is 2. The van der Waals surface area contributed by atoms with Crippen LogP contribution in [-0.2, 0) is 4.79 Å². The molecule has 4 N–H and O–H groups in total. The van der Waals surface area contributed by atoms with Crippen LogP contribution < -0.4 is 5.73 Å². The van der Waals surface area contributed by atoms with Gasteiger partial charge in [0.1, 0.15) is 5.78 Å². The summed E-state index contributed by atoms with van der Waals surface area (Å²) in [6.07, 6.45) is 6.06. The lowest BCUT2D eigenvalue weighted by Crippen LogP contribution is -2.63. The maximum atomic E-state index is 14.2. The van der Waals surface area contributed by atoms with E-state index in [-0.39, 0.29) is 57.8 Å². The van der Waals surface area contributed by atoms with E-state index < -0.39 is 0 Å². The minimum atomic E-state index is -0.356. The number of hydrogen-bond donors (Lipinski definition) is 3. The fourth-order valence-corrected chi connectivity index (χ4v) is 10.4. The van der Waals surface area contributed by atoms with Gasteiger partial charge in [-0.15, -0.1) is 0 Å². The second-order valence-corrected chi connectivity index (χ2v) is 13.2. The first-order valence-corrected chi connectivity index (χ1v) is 12.6. The molecule has 0 aromatic carbocycles. The Bertz CT molecular complexity index is 802. The maximum Gasteiger partial charge on any atom is 0.140 e. The van der Waals surface area contributed by atoms with Crippen molar-refractivity contribution in [1.29, 1.82) is 0 Å². The van der Waals surface area contributed by atoms with E-state index in [0.717, 1.165) is 38.5 Å². The monoisotopic (exact) mass is 432 g/mol. The molecule has 5 heteroatoms. The van der Waals surface area contributed by atoms with Crippen molar-refractivity contribution in [2.75, 3.05) is 20.7 Å². The molecule has 5 aliphatic carbocycles. The van der Waals surface area contributed by atoms with Crippen molar-refractivity contribution in [2.45, 2.75) is 90.8 Å². The molecule has 0 amide bonds. The molecule has 0 aliphatic heterocycles. The molecule has 5 rings (SSSR count). The zero-order valence-electron chi connectivity index (χ0n) is 20.4. The van der Waals surface area contributed by atoms with Gasteiger partial charge in [-0.25, -0.2) is 0 Å². The van der Waals surface area contributed by atoms with Gasteiger partial charge in [0.2, 0.25) is 0 Å². The van der Waals surface area contributed by atoms with Crippen LogP contribution in [0.25, 0.3) is 0 Å². The Balaban J connectivity index is 1.58. The van der Waals surface area contributed by atoms with E-state index >= 15 is 0 Å². The molecular weight excluding hydrogens is 388 g/mol. The highest BCUT2D eigenvalue weighted by Gasteiger charge is 2.86. The van der Waals surface area contributed by atoms with Crippen molar-refractivity contribution in [3.8, 4) is 0 Å². The number of nitrogens with two attached hydrogens (primary N) is 1. The third-order valence-electron chi connectivity index (χ3n) is 12.5. The van der Waals surface area contributed by atoms with E-state index in [0.29, 0.717) is 24.0 Å². The summed E-state index contributed by atoms with van der Waals surface area (Å²) in [7, 11) is 4.18. The van der Waals surface area contributed by atoms with E-state index in [4.69, 9.17) is 5.73 Å². The van der Waals surface area contributed by atoms with Gasteiger partial charge in [0.25, 0.3) is 0 Å². The molecule has 11 atom stereocenters. The summed E-state index contributed by atoms with van der Waals surface area (Å²) in [5.41, 5.74) is 5.86. The number of fused-ring (bicyclic) bond motifs is 2. The SMILES string of the molecule is C[C@@H]([C@H]1[C@H](O)C[C@@]2(C)[C@@H]3CC[C@H]4[C@](C)(CO)[C@@H](N)CC[C@@]45CC35C(=O)C[C@]12C)N(C)C. The van der Waals surface area contributed by atoms with Gasteiger partial charge < -0.3 is 20.8 Å². The molecule has 0 aromatic rings. The Morgan fingerprint density at radius 3 is 2.39 bits per heavy atom. The van der Waals surface area contributed by atoms with Crippen molar-refractivity contribution < 1.29 is 15.0 Å². The Hall–Kier alpha value is -0.490. The fourth-order valence-electron chi connectivity index (χ4n) is 10.4. The van der Waals surface area contributed by atoms with Gasteiger partial charge in [-0.2, -0.15) is 0 Å². The first kappa shape index (κ1) is 22.3. The molecule has 0 saturated heterocycles. The summed E-state index contributed by atoms with van der Waals surface area (Å²) < 4.78 is 0. The van der Waals surface area contributed by atoms with E-state index in [2.05, 4.69) is 46.7 Å². The van der Waals surface area contributed by atoms with Crippen LogP contribution in [0.1, 0.15) is 72.6 Å². The Labute approximate surface area is 188 Å². The number of hydrogen-bond acceptors (Lipinski definition) is 5. The lowest BCUT2D eigenvalue weighted by atomic mass is 9.41. The van der Waals surface area contributed by atoms with Gasteiger partial charge in [-0.05, 0) is 87.6 Å². The van der Waals surface area contributed by atoms with Gasteiger partial charge in [0, 0.05) is 35.3 Å². The largest absolute Gasteiger partial charge is 0.396 e. The molecule has 176 valence electrons. The molecule has 0 bridgehead atoms. The summed E-state index contributed by atoms with van der Waals surface area (Å²) in [6.45, 7) is 9.22. The average Bonchev–Trinajstić information content (AvgIpc) is 3.34. The number of Topliss-reactive ketones (excluding diaryl/α,β-unsaturated/α-hetero) is 1. The smallest absolute Gasteiger partial charge is 0.140 e. The maximum absolute atomic E-state index is 14.2. The standard InChI is InChI=1S/C26H44N2O3/c1-15(28(5)6)21-16(30)11-23(3)18-8-7-17-22(2,14-29)19(27)9-10-25(17)13-26(18,25)20(31)12-24(21,23)4/h15-19,21,29-30H,7-14,27H2,1-6H3/t15-,16+,17-,18-,19-,21-,22-,23-,24+,25+,26?/m0/s1. The van der Waals surface area contributed by atoms with Crippen LogP contribution >= 0.6 is 0 Å². The zero-order chi connectivity index (χ0) is 22.8. The van der Waals surface area contributed by atoms with E-state index in [1.807, 2.05) is 0 Å². The molecule has 5 nitrogen and oxygen atoms in total. The number of carbonyl (C=O) groups excluding carboxylic acids is 1. The van der Waals surface area contributed by atoms with Crippen molar-refractivity contribution in [3.05, 3.63) is 0 Å². The van der Waals surface area contributed by atoms with Crippen molar-refractivity contribution in [2.24, 2.45) is 50.6 Å². The summed E-state index contributed by atoms with van der Waals surface area (Å²) in [6, 6.07) is 0.249. The highest BCUT2D eigenvalue weighted by Crippen LogP contribution is 2.87. The highest BCUT2D eigenvalue weighted by molar-refractivity contribution is 5.92. The minimum Gasteiger partial charge on any atom is -0.396 e. The van der Waals surface area contributed by atoms with Crippen LogP contribution in [0, 0.1) is 44.8 Å². The molecule has 31 heavy (non-hydrogen) atoms. The third kappa shape index (κ3) is 2.26. The lowest BCUT2D eigenvalue weighted by Gasteiger charge is -2.62. The summed E-state index contributed by atoms with van der Waals surface area (Å²) in [5, 5.41) is 21.7. The number of nitrogens with zero attached hydrogens (tertiary/aromatic N) is 1. The molecule has 1 unspecified atom stereocenters. The number of aliphatic hydroxyl groups is 2. The summed E-state index contributed by atoms with van der Waals surface area (Å²) >= 11 is 0. The normalized spacial score (nSPS) is 58.9. The zero-order valence-corrected chi connectivity index (χ0v) is 20.4. The lowest BCUT2D eigenvalue weighted by molar-refractivity contribution is -0.172. The minimum absolute atomic E-state index is 0.0143. The third-order valence-corrected chi connectivity index (χ3v) is 12.5. The van der Waals surface area contributed by atoms with Gasteiger partial charge >= 0.3 is 0 Å². The first-order chi connectivity index (χ1) is 14.4. The quantitative estimate of drug-likeness (QED) is 0.638. The molecule has 2 spiro atoms. The van der Waals surface area contributed by atoms with E-state index in [9.17, 15) is 15.0 Å². The molecule has 0 radical (unpaired) electrons. The second-order valence-electron chi connectivity index (χ2n) is 13.2. The van der Waals surface area contributed by atoms with Crippen molar-refractivity contribution in [1.82, 2.24) is 4.90 Å². The van der Waals surface area contributed by atoms with Gasteiger partial charge in [0.05, 0.1) is 12.7 Å². The molecule has 0 aromatic heterocycles. The molecule has 0 heterocycles. The Morgan fingerprint density at radius 2 is 1.77 bits per heavy atom. The number of ketones is 1. The molecule has 5 aliphatic rings.